The van der Waals surface area contributed by atoms with Crippen molar-refractivity contribution in [2.24, 2.45) is 0 Å². The van der Waals surface area contributed by atoms with Gasteiger partial charge in [-0.05, 0) is 13.8 Å². The van der Waals surface area contributed by atoms with Crippen LogP contribution in [0.1, 0.15) is 13.8 Å². The second-order valence-corrected chi connectivity index (χ2v) is 3.37. The van der Waals surface area contributed by atoms with Gasteiger partial charge in [-0.3, -0.25) is 0 Å². The molecule has 3 N–H and O–H groups in total. The average molecular weight is 208 g/mol. The van der Waals surface area contributed by atoms with E-state index in [0.717, 1.165) is 0 Å². The Morgan fingerprint density at radius 1 is 1.07 bits per heavy atom. The third-order valence-corrected chi connectivity index (χ3v) is 1.50. The average Bonchev–Trinajstić information content (AvgIpc) is 2.14. The van der Waals surface area contributed by atoms with Gasteiger partial charge in [-0.2, -0.15) is 0 Å². The highest BCUT2D eigenvalue weighted by Crippen LogP contribution is 1.95. The van der Waals surface area contributed by atoms with Gasteiger partial charge in [-0.1, -0.05) is 0 Å². The summed E-state index contributed by atoms with van der Waals surface area (Å²) < 4.78 is 10.3. The summed E-state index contributed by atoms with van der Waals surface area (Å²) in [5.41, 5.74) is 0. The number of hydrogen-bond acceptors (Lipinski definition) is 5. The molecule has 0 aliphatic rings. The van der Waals surface area contributed by atoms with Crippen molar-refractivity contribution in [2.45, 2.75) is 32.2 Å². The van der Waals surface area contributed by atoms with Crippen LogP contribution in [0.25, 0.3) is 0 Å². The molecular weight excluding hydrogens is 188 g/mol. The summed E-state index contributed by atoms with van der Waals surface area (Å²) in [6.45, 7) is 3.86. The fraction of sp³-hybridized carbons (Fsp3) is 1.00. The number of hydrogen-bond donors (Lipinski definition) is 3. The van der Waals surface area contributed by atoms with E-state index in [2.05, 4.69) is 0 Å². The van der Waals surface area contributed by atoms with Crippen LogP contribution in [0, 0.1) is 0 Å². The lowest BCUT2D eigenvalue weighted by Gasteiger charge is -2.15. The van der Waals surface area contributed by atoms with Gasteiger partial charge in [0, 0.05) is 0 Å². The predicted octanol–water partition coefficient (Wildman–Crippen LogP) is -0.858. The maximum Gasteiger partial charge on any atom is 0.100 e. The second kappa shape index (κ2) is 8.14. The molecule has 0 aromatic rings. The van der Waals surface area contributed by atoms with Gasteiger partial charge in [0.15, 0.2) is 0 Å². The van der Waals surface area contributed by atoms with Gasteiger partial charge in [-0.25, -0.2) is 0 Å². The third-order valence-electron chi connectivity index (χ3n) is 1.50. The standard InChI is InChI=1S/C9H20O5/c1-7(11)4-14-8(2)5-13-6-9(12)3-10/h7-12H,3-6H2,1-2H3. The minimum absolute atomic E-state index is 0.0961. The maximum atomic E-state index is 8.93. The zero-order valence-corrected chi connectivity index (χ0v) is 8.72. The van der Waals surface area contributed by atoms with Crippen LogP contribution in [-0.2, 0) is 9.47 Å². The number of rotatable bonds is 8. The molecule has 0 fully saturated rings. The molecule has 0 bridgehead atoms. The van der Waals surface area contributed by atoms with Gasteiger partial charge in [0.25, 0.3) is 0 Å². The van der Waals surface area contributed by atoms with Crippen LogP contribution in [0.15, 0.2) is 0 Å². The molecule has 0 saturated carbocycles. The highest BCUT2D eigenvalue weighted by atomic mass is 16.5. The Morgan fingerprint density at radius 2 is 1.71 bits per heavy atom. The topological polar surface area (TPSA) is 79.2 Å². The Labute approximate surface area is 84.3 Å². The summed E-state index contributed by atoms with van der Waals surface area (Å²) in [7, 11) is 0. The van der Waals surface area contributed by atoms with Crippen molar-refractivity contribution in [1.82, 2.24) is 0 Å². The molecule has 0 spiro atoms. The molecule has 5 nitrogen and oxygen atoms in total. The zero-order chi connectivity index (χ0) is 11.0. The van der Waals surface area contributed by atoms with Gasteiger partial charge in [-0.15, -0.1) is 0 Å². The lowest BCUT2D eigenvalue weighted by Crippen LogP contribution is -2.25. The Hall–Kier alpha value is -0.200. The summed E-state index contributed by atoms with van der Waals surface area (Å²) in [6, 6.07) is 0. The van der Waals surface area contributed by atoms with E-state index < -0.39 is 12.2 Å². The molecule has 0 aromatic heterocycles. The molecule has 0 rings (SSSR count). The first kappa shape index (κ1) is 13.8. The van der Waals surface area contributed by atoms with Gasteiger partial charge in [0.1, 0.15) is 6.10 Å². The molecule has 86 valence electrons. The monoisotopic (exact) mass is 208 g/mol. The van der Waals surface area contributed by atoms with Crippen LogP contribution in [-0.4, -0.2) is 60.1 Å². The van der Waals surface area contributed by atoms with E-state index in [9.17, 15) is 0 Å². The van der Waals surface area contributed by atoms with Crippen LogP contribution < -0.4 is 0 Å². The number of aliphatic hydroxyl groups is 3. The van der Waals surface area contributed by atoms with Crippen LogP contribution in [0.4, 0.5) is 0 Å². The molecule has 3 unspecified atom stereocenters. The van der Waals surface area contributed by atoms with Crippen LogP contribution >= 0.6 is 0 Å². The van der Waals surface area contributed by atoms with E-state index in [1.165, 1.54) is 0 Å². The van der Waals surface area contributed by atoms with Crippen molar-refractivity contribution in [2.75, 3.05) is 26.4 Å². The molecule has 0 aromatic carbocycles. The Morgan fingerprint density at radius 3 is 2.21 bits per heavy atom. The lowest BCUT2D eigenvalue weighted by molar-refractivity contribution is -0.0576. The minimum Gasteiger partial charge on any atom is -0.394 e. The molecule has 0 saturated heterocycles. The van der Waals surface area contributed by atoms with Crippen LogP contribution in [0.3, 0.4) is 0 Å². The van der Waals surface area contributed by atoms with Crippen LogP contribution in [0.2, 0.25) is 0 Å². The van der Waals surface area contributed by atoms with Crippen molar-refractivity contribution >= 4 is 0 Å². The van der Waals surface area contributed by atoms with Gasteiger partial charge in [0.2, 0.25) is 0 Å². The molecule has 14 heavy (non-hydrogen) atoms. The third kappa shape index (κ3) is 8.40. The van der Waals surface area contributed by atoms with Crippen molar-refractivity contribution in [3.05, 3.63) is 0 Å². The Balaban J connectivity index is 3.30. The summed E-state index contributed by atoms with van der Waals surface area (Å²) in [6.07, 6.45) is -1.45. The summed E-state index contributed by atoms with van der Waals surface area (Å²) in [5, 5.41) is 26.3. The molecule has 0 amide bonds. The fourth-order valence-electron chi connectivity index (χ4n) is 0.774. The van der Waals surface area contributed by atoms with E-state index in [1.807, 2.05) is 6.92 Å². The Bertz CT molecular complexity index is 128. The van der Waals surface area contributed by atoms with E-state index in [4.69, 9.17) is 24.8 Å². The van der Waals surface area contributed by atoms with Crippen LogP contribution in [0.5, 0.6) is 0 Å². The van der Waals surface area contributed by atoms with E-state index >= 15 is 0 Å². The van der Waals surface area contributed by atoms with Crippen molar-refractivity contribution in [1.29, 1.82) is 0 Å². The van der Waals surface area contributed by atoms with E-state index in [1.54, 1.807) is 6.92 Å². The van der Waals surface area contributed by atoms with Gasteiger partial charge in [0.05, 0.1) is 38.6 Å². The molecule has 0 aliphatic carbocycles. The first-order chi connectivity index (χ1) is 6.56. The minimum atomic E-state index is -0.834. The highest BCUT2D eigenvalue weighted by molar-refractivity contribution is 4.53. The SMILES string of the molecule is CC(O)COC(C)COCC(O)CO. The van der Waals surface area contributed by atoms with E-state index in [0.29, 0.717) is 6.61 Å². The highest BCUT2D eigenvalue weighted by Gasteiger charge is 2.06. The molecule has 3 atom stereocenters. The maximum absolute atomic E-state index is 8.93. The van der Waals surface area contributed by atoms with Crippen molar-refractivity contribution < 1.29 is 24.8 Å². The smallest absolute Gasteiger partial charge is 0.100 e. The van der Waals surface area contributed by atoms with Crippen molar-refractivity contribution in [3.8, 4) is 0 Å². The zero-order valence-electron chi connectivity index (χ0n) is 8.72. The predicted molar refractivity (Wildman–Crippen MR) is 51.0 cm³/mol. The summed E-state index contributed by atoms with van der Waals surface area (Å²) in [4.78, 5) is 0. The molecular formula is C9H20O5. The molecule has 5 heteroatoms. The van der Waals surface area contributed by atoms with E-state index in [-0.39, 0.29) is 25.9 Å². The van der Waals surface area contributed by atoms with Gasteiger partial charge >= 0.3 is 0 Å². The summed E-state index contributed by atoms with van der Waals surface area (Å²) >= 11 is 0. The number of aliphatic hydroxyl groups excluding tert-OH is 3. The largest absolute Gasteiger partial charge is 0.394 e. The lowest BCUT2D eigenvalue weighted by atomic mass is 10.4. The summed E-state index contributed by atoms with van der Waals surface area (Å²) in [5.74, 6) is 0. The first-order valence-electron chi connectivity index (χ1n) is 4.72. The number of ether oxygens (including phenoxy) is 2. The molecule has 0 heterocycles. The quantitative estimate of drug-likeness (QED) is 0.484. The Kier molecular flexibility index (Phi) is 8.02. The molecule has 0 aliphatic heterocycles. The first-order valence-corrected chi connectivity index (χ1v) is 4.72. The second-order valence-electron chi connectivity index (χ2n) is 3.37. The van der Waals surface area contributed by atoms with Gasteiger partial charge < -0.3 is 24.8 Å². The fourth-order valence-corrected chi connectivity index (χ4v) is 0.774. The van der Waals surface area contributed by atoms with Crippen molar-refractivity contribution in [3.63, 3.8) is 0 Å². The molecule has 0 radical (unpaired) electrons. The normalized spacial score (nSPS) is 17.8.